The van der Waals surface area contributed by atoms with Crippen molar-refractivity contribution in [1.29, 1.82) is 0 Å². The molecule has 6 nitrogen and oxygen atoms in total. The summed E-state index contributed by atoms with van der Waals surface area (Å²) in [5.41, 5.74) is 1.29. The Hall–Kier alpha value is -2.24. The summed E-state index contributed by atoms with van der Waals surface area (Å²) >= 11 is 0. The molecule has 0 amide bonds. The third kappa shape index (κ3) is 4.65. The Balaban J connectivity index is 1.66. The molecular weight excluding hydrogens is 316 g/mol. The van der Waals surface area contributed by atoms with Gasteiger partial charge in [0.1, 0.15) is 11.1 Å². The first kappa shape index (κ1) is 17.6. The number of esters is 1. The van der Waals surface area contributed by atoms with Gasteiger partial charge in [-0.1, -0.05) is 0 Å². The molecule has 3 heterocycles. The van der Waals surface area contributed by atoms with Gasteiger partial charge in [0.15, 0.2) is 5.82 Å². The summed E-state index contributed by atoms with van der Waals surface area (Å²) in [7, 11) is 0. The summed E-state index contributed by atoms with van der Waals surface area (Å²) in [5.74, 6) is 1.16. The molecule has 25 heavy (non-hydrogen) atoms. The summed E-state index contributed by atoms with van der Waals surface area (Å²) in [6.07, 6.45) is 8.71. The fourth-order valence-electron chi connectivity index (χ4n) is 3.31. The number of anilines is 1. The van der Waals surface area contributed by atoms with Crippen molar-refractivity contribution < 1.29 is 9.53 Å². The second-order valence-corrected chi connectivity index (χ2v) is 7.63. The van der Waals surface area contributed by atoms with E-state index in [1.54, 1.807) is 18.6 Å². The van der Waals surface area contributed by atoms with Gasteiger partial charge in [-0.3, -0.25) is 9.78 Å². The number of hydrogen-bond donors (Lipinski definition) is 0. The highest BCUT2D eigenvalue weighted by molar-refractivity contribution is 5.85. The number of fused-ring (bicyclic) bond motifs is 1. The molecule has 1 aliphatic heterocycles. The predicted octanol–water partition coefficient (Wildman–Crippen LogP) is 3.36. The maximum atomic E-state index is 12.1. The van der Waals surface area contributed by atoms with Gasteiger partial charge in [-0.2, -0.15) is 0 Å². The number of pyridine rings is 1. The van der Waals surface area contributed by atoms with Crippen LogP contribution in [0.25, 0.3) is 11.0 Å². The van der Waals surface area contributed by atoms with Crippen LogP contribution in [0.2, 0.25) is 0 Å². The van der Waals surface area contributed by atoms with Gasteiger partial charge in [0.25, 0.3) is 0 Å². The maximum Gasteiger partial charge on any atom is 0.306 e. The van der Waals surface area contributed by atoms with Crippen molar-refractivity contribution in [2.24, 2.45) is 5.92 Å². The molecule has 0 N–H and O–H groups in total. The third-order valence-corrected chi connectivity index (χ3v) is 4.39. The van der Waals surface area contributed by atoms with Gasteiger partial charge in [0.2, 0.25) is 0 Å². The predicted molar refractivity (Wildman–Crippen MR) is 97.3 cm³/mol. The van der Waals surface area contributed by atoms with E-state index in [0.29, 0.717) is 12.3 Å². The van der Waals surface area contributed by atoms with Gasteiger partial charge >= 0.3 is 5.97 Å². The maximum absolute atomic E-state index is 12.1. The van der Waals surface area contributed by atoms with Crippen molar-refractivity contribution in [3.05, 3.63) is 24.7 Å². The number of nitrogens with zero attached hydrogens (tertiary/aromatic N) is 4. The lowest BCUT2D eigenvalue weighted by molar-refractivity contribution is -0.156. The quantitative estimate of drug-likeness (QED) is 0.797. The van der Waals surface area contributed by atoms with E-state index >= 15 is 0 Å². The first-order valence-corrected chi connectivity index (χ1v) is 8.95. The second-order valence-electron chi connectivity index (χ2n) is 7.63. The minimum atomic E-state index is -0.417. The van der Waals surface area contributed by atoms with Crippen molar-refractivity contribution in [3.63, 3.8) is 0 Å². The number of aromatic nitrogens is 3. The molecule has 0 radical (unpaired) electrons. The van der Waals surface area contributed by atoms with E-state index in [1.165, 1.54) is 0 Å². The summed E-state index contributed by atoms with van der Waals surface area (Å²) in [6, 6.07) is 1.88. The van der Waals surface area contributed by atoms with Crippen molar-refractivity contribution in [1.82, 2.24) is 15.0 Å². The highest BCUT2D eigenvalue weighted by Crippen LogP contribution is 2.27. The van der Waals surface area contributed by atoms with E-state index in [4.69, 9.17) is 4.74 Å². The van der Waals surface area contributed by atoms with E-state index in [0.717, 1.165) is 49.2 Å². The fourth-order valence-corrected chi connectivity index (χ4v) is 3.31. The van der Waals surface area contributed by atoms with Crippen LogP contribution in [0.5, 0.6) is 0 Å². The molecular formula is C19H26N4O2. The standard InChI is InChI=1S/C19H26N4O2/c1-19(2,3)25-16(24)13-14-5-4-11-23(12-7-14)18-17-15(6-8-22-18)20-9-10-21-17/h6,8-10,14H,4-5,7,11-13H2,1-3H3. The molecule has 1 aliphatic rings. The molecule has 2 aromatic rings. The van der Waals surface area contributed by atoms with Crippen LogP contribution < -0.4 is 4.90 Å². The Bertz CT molecular complexity index is 736. The zero-order chi connectivity index (χ0) is 17.9. The molecule has 3 rings (SSSR count). The van der Waals surface area contributed by atoms with Gasteiger partial charge in [-0.25, -0.2) is 9.97 Å². The van der Waals surface area contributed by atoms with E-state index in [2.05, 4.69) is 19.9 Å². The lowest BCUT2D eigenvalue weighted by Crippen LogP contribution is -2.27. The number of rotatable bonds is 3. The minimum absolute atomic E-state index is 0.0971. The lowest BCUT2D eigenvalue weighted by atomic mass is 9.97. The normalized spacial score (nSPS) is 18.8. The van der Waals surface area contributed by atoms with Gasteiger partial charge in [-0.15, -0.1) is 0 Å². The molecule has 6 heteroatoms. The molecule has 0 saturated carbocycles. The van der Waals surface area contributed by atoms with Crippen LogP contribution in [0.15, 0.2) is 24.7 Å². The largest absolute Gasteiger partial charge is 0.460 e. The van der Waals surface area contributed by atoms with Crippen LogP contribution in [0.1, 0.15) is 46.5 Å². The number of carbonyl (C=O) groups excluding carboxylic acids is 1. The Morgan fingerprint density at radius 3 is 2.76 bits per heavy atom. The van der Waals surface area contributed by atoms with Crippen LogP contribution in [-0.4, -0.2) is 39.6 Å². The van der Waals surface area contributed by atoms with Crippen LogP contribution in [0.4, 0.5) is 5.82 Å². The Morgan fingerprint density at radius 2 is 1.96 bits per heavy atom. The van der Waals surface area contributed by atoms with Gasteiger partial charge < -0.3 is 9.64 Å². The van der Waals surface area contributed by atoms with Crippen molar-refractivity contribution in [2.75, 3.05) is 18.0 Å². The molecule has 1 unspecified atom stereocenters. The van der Waals surface area contributed by atoms with E-state index in [9.17, 15) is 4.79 Å². The molecule has 2 aromatic heterocycles. The molecule has 1 saturated heterocycles. The van der Waals surface area contributed by atoms with Crippen LogP contribution >= 0.6 is 0 Å². The lowest BCUT2D eigenvalue weighted by Gasteiger charge is -2.23. The zero-order valence-electron chi connectivity index (χ0n) is 15.2. The van der Waals surface area contributed by atoms with Crippen LogP contribution in [0, 0.1) is 5.92 Å². The Kier molecular flexibility index (Phi) is 5.16. The molecule has 134 valence electrons. The number of hydrogen-bond acceptors (Lipinski definition) is 6. The highest BCUT2D eigenvalue weighted by atomic mass is 16.6. The summed E-state index contributed by atoms with van der Waals surface area (Å²) < 4.78 is 5.47. The monoisotopic (exact) mass is 342 g/mol. The number of ether oxygens (including phenoxy) is 1. The van der Waals surface area contributed by atoms with Crippen LogP contribution in [-0.2, 0) is 9.53 Å². The van der Waals surface area contributed by atoms with Crippen molar-refractivity contribution in [2.45, 2.75) is 52.1 Å². The Morgan fingerprint density at radius 1 is 1.16 bits per heavy atom. The average molecular weight is 342 g/mol. The minimum Gasteiger partial charge on any atom is -0.460 e. The Labute approximate surface area is 148 Å². The smallest absolute Gasteiger partial charge is 0.306 e. The summed E-state index contributed by atoms with van der Waals surface area (Å²) in [4.78, 5) is 27.7. The first-order chi connectivity index (χ1) is 11.9. The van der Waals surface area contributed by atoms with E-state index in [-0.39, 0.29) is 5.97 Å². The van der Waals surface area contributed by atoms with E-state index in [1.807, 2.05) is 26.8 Å². The van der Waals surface area contributed by atoms with Crippen molar-refractivity contribution in [3.8, 4) is 0 Å². The average Bonchev–Trinajstić information content (AvgIpc) is 2.78. The molecule has 0 bridgehead atoms. The molecule has 1 atom stereocenters. The molecule has 0 aliphatic carbocycles. The summed E-state index contributed by atoms with van der Waals surface area (Å²) in [6.45, 7) is 7.52. The summed E-state index contributed by atoms with van der Waals surface area (Å²) in [5, 5.41) is 0. The first-order valence-electron chi connectivity index (χ1n) is 8.95. The van der Waals surface area contributed by atoms with Crippen molar-refractivity contribution >= 4 is 22.8 Å². The van der Waals surface area contributed by atoms with Gasteiger partial charge in [0.05, 0.1) is 5.52 Å². The third-order valence-electron chi connectivity index (χ3n) is 4.39. The SMILES string of the molecule is CC(C)(C)OC(=O)CC1CCCN(c2nccc3nccnc23)CC1. The van der Waals surface area contributed by atoms with Gasteiger partial charge in [0, 0.05) is 38.1 Å². The highest BCUT2D eigenvalue weighted by Gasteiger charge is 2.24. The zero-order valence-corrected chi connectivity index (χ0v) is 15.2. The molecule has 0 spiro atoms. The molecule has 1 fully saturated rings. The molecule has 0 aromatic carbocycles. The van der Waals surface area contributed by atoms with E-state index < -0.39 is 5.60 Å². The fraction of sp³-hybridized carbons (Fsp3) is 0.579. The second kappa shape index (κ2) is 7.33. The van der Waals surface area contributed by atoms with Gasteiger partial charge in [-0.05, 0) is 52.0 Å². The number of carbonyl (C=O) groups is 1. The van der Waals surface area contributed by atoms with Crippen LogP contribution in [0.3, 0.4) is 0 Å². The topological polar surface area (TPSA) is 68.2 Å².